The Kier molecular flexibility index (Phi) is 7.14. The zero-order valence-electron chi connectivity index (χ0n) is 11.6. The third-order valence-electron chi connectivity index (χ3n) is 2.87. The van der Waals surface area contributed by atoms with Crippen LogP contribution in [-0.4, -0.2) is 19.2 Å². The molecule has 1 unspecified atom stereocenters. The van der Waals surface area contributed by atoms with Crippen LogP contribution in [0.2, 0.25) is 5.02 Å². The van der Waals surface area contributed by atoms with Crippen molar-refractivity contribution in [2.24, 2.45) is 0 Å². The summed E-state index contributed by atoms with van der Waals surface area (Å²) in [5.41, 5.74) is 1.13. The van der Waals surface area contributed by atoms with Crippen LogP contribution in [0.4, 0.5) is 0 Å². The number of hydrogen-bond acceptors (Lipinski definition) is 2. The zero-order chi connectivity index (χ0) is 13.4. The lowest BCUT2D eigenvalue weighted by atomic mass is 10.2. The minimum atomic E-state index is 0.227. The van der Waals surface area contributed by atoms with Gasteiger partial charge in [-0.05, 0) is 63.9 Å². The largest absolute Gasteiger partial charge is 0.490 e. The van der Waals surface area contributed by atoms with E-state index in [1.807, 2.05) is 25.1 Å². The van der Waals surface area contributed by atoms with Gasteiger partial charge in [-0.15, -0.1) is 0 Å². The van der Waals surface area contributed by atoms with Gasteiger partial charge in [0.05, 0.1) is 6.10 Å². The van der Waals surface area contributed by atoms with E-state index in [2.05, 4.69) is 19.2 Å². The Bertz CT molecular complexity index is 354. The molecule has 0 spiro atoms. The van der Waals surface area contributed by atoms with Crippen molar-refractivity contribution in [2.45, 2.75) is 46.1 Å². The second-order valence-electron chi connectivity index (χ2n) is 4.73. The lowest BCUT2D eigenvalue weighted by Gasteiger charge is -2.16. The molecule has 0 aliphatic carbocycles. The summed E-state index contributed by atoms with van der Waals surface area (Å²) >= 11 is 5.97. The first kappa shape index (κ1) is 15.3. The van der Waals surface area contributed by atoms with Crippen LogP contribution < -0.4 is 10.1 Å². The molecule has 1 aromatic rings. The monoisotopic (exact) mass is 269 g/mol. The van der Waals surface area contributed by atoms with Crippen LogP contribution in [0.5, 0.6) is 5.75 Å². The van der Waals surface area contributed by atoms with Crippen molar-refractivity contribution in [1.29, 1.82) is 0 Å². The normalized spacial score (nSPS) is 12.4. The molecule has 0 fully saturated rings. The Morgan fingerprint density at radius 1 is 1.33 bits per heavy atom. The number of ether oxygens (including phenoxy) is 1. The number of hydrogen-bond donors (Lipinski definition) is 1. The number of nitrogens with one attached hydrogen (secondary N) is 1. The minimum Gasteiger partial charge on any atom is -0.490 e. The molecule has 0 aromatic heterocycles. The molecule has 18 heavy (non-hydrogen) atoms. The quantitative estimate of drug-likeness (QED) is 0.715. The van der Waals surface area contributed by atoms with Gasteiger partial charge in [-0.25, -0.2) is 0 Å². The van der Waals surface area contributed by atoms with Crippen LogP contribution in [-0.2, 0) is 0 Å². The van der Waals surface area contributed by atoms with E-state index < -0.39 is 0 Å². The Labute approximate surface area is 116 Å². The topological polar surface area (TPSA) is 21.3 Å². The first-order chi connectivity index (χ1) is 8.63. The van der Waals surface area contributed by atoms with Gasteiger partial charge in [0, 0.05) is 5.02 Å². The Balaban J connectivity index is 2.30. The van der Waals surface area contributed by atoms with Gasteiger partial charge in [-0.2, -0.15) is 0 Å². The van der Waals surface area contributed by atoms with Crippen LogP contribution in [0.3, 0.4) is 0 Å². The molecule has 0 radical (unpaired) electrons. The highest BCUT2D eigenvalue weighted by molar-refractivity contribution is 6.30. The van der Waals surface area contributed by atoms with E-state index in [9.17, 15) is 0 Å². The van der Waals surface area contributed by atoms with Crippen LogP contribution >= 0.6 is 11.6 Å². The first-order valence-corrected chi connectivity index (χ1v) is 7.14. The summed E-state index contributed by atoms with van der Waals surface area (Å²) < 4.78 is 5.92. The lowest BCUT2D eigenvalue weighted by Crippen LogP contribution is -2.19. The standard InChI is InChI=1S/C15H24ClNO/c1-4-9-17-10-5-6-13(3)18-15-11-14(16)8-7-12(15)2/h7-8,11,13,17H,4-6,9-10H2,1-3H3. The van der Waals surface area contributed by atoms with E-state index in [-0.39, 0.29) is 6.10 Å². The number of aryl methyl sites for hydroxylation is 1. The average Bonchev–Trinajstić information content (AvgIpc) is 2.33. The third kappa shape index (κ3) is 5.74. The second-order valence-corrected chi connectivity index (χ2v) is 5.17. The lowest BCUT2D eigenvalue weighted by molar-refractivity contribution is 0.206. The number of halogens is 1. The van der Waals surface area contributed by atoms with Crippen molar-refractivity contribution in [1.82, 2.24) is 5.32 Å². The van der Waals surface area contributed by atoms with E-state index in [4.69, 9.17) is 16.3 Å². The smallest absolute Gasteiger partial charge is 0.124 e. The summed E-state index contributed by atoms with van der Waals surface area (Å²) in [6, 6.07) is 5.78. The van der Waals surface area contributed by atoms with Crippen molar-refractivity contribution in [2.75, 3.05) is 13.1 Å². The summed E-state index contributed by atoms with van der Waals surface area (Å²) in [6.07, 6.45) is 3.61. The molecule has 1 rings (SSSR count). The van der Waals surface area contributed by atoms with Crippen molar-refractivity contribution in [3.63, 3.8) is 0 Å². The van der Waals surface area contributed by atoms with Crippen molar-refractivity contribution in [3.8, 4) is 5.75 Å². The van der Waals surface area contributed by atoms with Gasteiger partial charge in [-0.1, -0.05) is 24.6 Å². The predicted molar refractivity (Wildman–Crippen MR) is 78.7 cm³/mol. The maximum absolute atomic E-state index is 5.97. The molecule has 0 bridgehead atoms. The molecule has 0 heterocycles. The fraction of sp³-hybridized carbons (Fsp3) is 0.600. The SMILES string of the molecule is CCCNCCCC(C)Oc1cc(Cl)ccc1C. The van der Waals surface area contributed by atoms with Gasteiger partial charge < -0.3 is 10.1 Å². The maximum atomic E-state index is 5.97. The molecule has 0 aliphatic rings. The highest BCUT2D eigenvalue weighted by Gasteiger charge is 2.06. The highest BCUT2D eigenvalue weighted by Crippen LogP contribution is 2.24. The van der Waals surface area contributed by atoms with E-state index in [0.29, 0.717) is 0 Å². The number of rotatable bonds is 8. The fourth-order valence-electron chi connectivity index (χ4n) is 1.79. The first-order valence-electron chi connectivity index (χ1n) is 6.77. The molecule has 1 atom stereocenters. The van der Waals surface area contributed by atoms with Crippen LogP contribution in [0, 0.1) is 6.92 Å². The van der Waals surface area contributed by atoms with Gasteiger partial charge in [0.25, 0.3) is 0 Å². The summed E-state index contributed by atoms with van der Waals surface area (Å²) in [7, 11) is 0. The molecule has 1 aromatic carbocycles. The molecule has 102 valence electrons. The molecule has 0 amide bonds. The van der Waals surface area contributed by atoms with Crippen LogP contribution in [0.15, 0.2) is 18.2 Å². The van der Waals surface area contributed by atoms with Crippen molar-refractivity contribution in [3.05, 3.63) is 28.8 Å². The molecule has 0 aliphatic heterocycles. The average molecular weight is 270 g/mol. The second kappa shape index (κ2) is 8.39. The van der Waals surface area contributed by atoms with E-state index in [1.54, 1.807) is 0 Å². The van der Waals surface area contributed by atoms with Gasteiger partial charge in [0.2, 0.25) is 0 Å². The maximum Gasteiger partial charge on any atom is 0.124 e. The molecular weight excluding hydrogens is 246 g/mol. The summed E-state index contributed by atoms with van der Waals surface area (Å²) in [4.78, 5) is 0. The van der Waals surface area contributed by atoms with E-state index >= 15 is 0 Å². The summed E-state index contributed by atoms with van der Waals surface area (Å²) in [5.74, 6) is 0.900. The van der Waals surface area contributed by atoms with Gasteiger partial charge in [0.15, 0.2) is 0 Å². The third-order valence-corrected chi connectivity index (χ3v) is 3.10. The summed E-state index contributed by atoms with van der Waals surface area (Å²) in [5, 5.41) is 4.13. The number of benzene rings is 1. The van der Waals surface area contributed by atoms with Crippen LogP contribution in [0.25, 0.3) is 0 Å². The molecule has 2 nitrogen and oxygen atoms in total. The molecule has 0 saturated heterocycles. The molecular formula is C15H24ClNO. The van der Waals surface area contributed by atoms with Crippen LogP contribution in [0.1, 0.15) is 38.7 Å². The molecule has 0 saturated carbocycles. The Hall–Kier alpha value is -0.730. The Morgan fingerprint density at radius 2 is 2.11 bits per heavy atom. The molecule has 1 N–H and O–H groups in total. The van der Waals surface area contributed by atoms with Gasteiger partial charge >= 0.3 is 0 Å². The highest BCUT2D eigenvalue weighted by atomic mass is 35.5. The zero-order valence-corrected chi connectivity index (χ0v) is 12.4. The van der Waals surface area contributed by atoms with Crippen molar-refractivity contribution >= 4 is 11.6 Å². The van der Waals surface area contributed by atoms with E-state index in [0.717, 1.165) is 42.3 Å². The molecule has 3 heteroatoms. The van der Waals surface area contributed by atoms with Gasteiger partial charge in [0.1, 0.15) is 5.75 Å². The Morgan fingerprint density at radius 3 is 2.83 bits per heavy atom. The summed E-state index contributed by atoms with van der Waals surface area (Å²) in [6.45, 7) is 8.50. The van der Waals surface area contributed by atoms with E-state index in [1.165, 1.54) is 6.42 Å². The minimum absolute atomic E-state index is 0.227. The predicted octanol–water partition coefficient (Wildman–Crippen LogP) is 4.20. The van der Waals surface area contributed by atoms with Gasteiger partial charge in [-0.3, -0.25) is 0 Å². The fourth-order valence-corrected chi connectivity index (χ4v) is 1.95. The van der Waals surface area contributed by atoms with Crippen molar-refractivity contribution < 1.29 is 4.74 Å².